The molecule has 0 unspecified atom stereocenters. The van der Waals surface area contributed by atoms with Crippen molar-refractivity contribution in [2.24, 2.45) is 46.3 Å². The Morgan fingerprint density at radius 1 is 0.824 bits per heavy atom. The molecule has 6 aliphatic rings. The molecule has 0 aromatic rings. The quantitative estimate of drug-likeness (QED) is 0.150. The molecular weight excluding hydrogens is 664 g/mol. The van der Waals surface area contributed by atoms with E-state index in [2.05, 4.69) is 20.8 Å². The molecule has 2 aliphatic heterocycles. The largest absolute Gasteiger partial charge is 0.394 e. The van der Waals surface area contributed by atoms with Crippen molar-refractivity contribution in [1.82, 2.24) is 0 Å². The molecule has 0 aromatic carbocycles. The molecule has 13 heteroatoms. The zero-order valence-electron chi connectivity index (χ0n) is 31.3. The Hall–Kier alpha value is -0.520. The molecule has 0 bridgehead atoms. The number of aliphatic hydroxyl groups excluding tert-OH is 7. The van der Waals surface area contributed by atoms with E-state index in [1.165, 1.54) is 7.11 Å². The minimum Gasteiger partial charge on any atom is -0.394 e. The van der Waals surface area contributed by atoms with Crippen molar-refractivity contribution in [2.75, 3.05) is 20.3 Å². The normalized spacial score (nSPS) is 52.6. The molecule has 296 valence electrons. The number of hydrogen-bond acceptors (Lipinski definition) is 13. The maximum atomic E-state index is 12.6. The van der Waals surface area contributed by atoms with Gasteiger partial charge in [0, 0.05) is 19.4 Å². The smallest absolute Gasteiger partial charge is 0.187 e. The maximum absolute atomic E-state index is 12.6. The van der Waals surface area contributed by atoms with Crippen LogP contribution in [0.25, 0.3) is 0 Å². The van der Waals surface area contributed by atoms with Gasteiger partial charge in [0.1, 0.15) is 36.6 Å². The van der Waals surface area contributed by atoms with Crippen LogP contribution in [0.3, 0.4) is 0 Å². The van der Waals surface area contributed by atoms with Gasteiger partial charge in [0.05, 0.1) is 43.2 Å². The summed E-state index contributed by atoms with van der Waals surface area (Å²) in [4.78, 5) is 0. The fraction of sp³-hybridized carbons (Fsp3) is 1.00. The zero-order valence-corrected chi connectivity index (χ0v) is 31.3. The lowest BCUT2D eigenvalue weighted by atomic mass is 9.42. The Morgan fingerprint density at radius 2 is 1.53 bits per heavy atom. The molecule has 4 aliphatic carbocycles. The van der Waals surface area contributed by atoms with E-state index < -0.39 is 79.7 Å². The van der Waals surface area contributed by atoms with Crippen LogP contribution in [0.15, 0.2) is 0 Å². The fourth-order valence-corrected chi connectivity index (χ4v) is 12.2. The number of ether oxygens (including phenoxy) is 5. The third kappa shape index (κ3) is 6.97. The molecule has 6 fully saturated rings. The third-order valence-electron chi connectivity index (χ3n) is 14.9. The first kappa shape index (κ1) is 40.2. The average Bonchev–Trinajstić information content (AvgIpc) is 3.53. The second-order valence-electron chi connectivity index (χ2n) is 18.0. The lowest BCUT2D eigenvalue weighted by molar-refractivity contribution is -0.311. The molecule has 20 atom stereocenters. The summed E-state index contributed by atoms with van der Waals surface area (Å²) in [5, 5.41) is 87.7. The van der Waals surface area contributed by atoms with Gasteiger partial charge in [0.25, 0.3) is 0 Å². The first-order valence-electron chi connectivity index (χ1n) is 19.5. The molecule has 2 saturated heterocycles. The van der Waals surface area contributed by atoms with Crippen LogP contribution in [-0.2, 0) is 23.7 Å². The molecule has 6 rings (SSSR count). The van der Waals surface area contributed by atoms with Crippen LogP contribution in [0.2, 0.25) is 0 Å². The van der Waals surface area contributed by atoms with Crippen LogP contribution in [0.5, 0.6) is 0 Å². The molecular formula is C38H66O13. The molecule has 51 heavy (non-hydrogen) atoms. The van der Waals surface area contributed by atoms with Gasteiger partial charge in [-0.15, -0.1) is 0 Å². The number of rotatable bonds is 11. The van der Waals surface area contributed by atoms with Crippen LogP contribution in [-0.4, -0.2) is 140 Å². The van der Waals surface area contributed by atoms with E-state index >= 15 is 0 Å². The van der Waals surface area contributed by atoms with Crippen molar-refractivity contribution in [2.45, 2.75) is 172 Å². The van der Waals surface area contributed by atoms with Crippen molar-refractivity contribution < 1.29 is 64.5 Å². The lowest BCUT2D eigenvalue weighted by Gasteiger charge is -2.66. The van der Waals surface area contributed by atoms with Gasteiger partial charge < -0.3 is 64.5 Å². The SMILES string of the molecule is CO[C@H]1[C@H](O[C@H]2[C@H](O[C@@H](CC[C@@H](C)[C@H]3C[C@H](O)[C@@H]4[C@]3(C)CC[C@@H]3[C@@]5(C)CC[C@H](O)C[C@@H]5[C@@H](O)C[C@]34O)C(C)C)O[C@@H](CO)[C@@H]2O)OC[C@@H](O)[C@@H]1O. The van der Waals surface area contributed by atoms with Crippen LogP contribution in [0.4, 0.5) is 0 Å². The molecule has 0 amide bonds. The summed E-state index contributed by atoms with van der Waals surface area (Å²) in [5.41, 5.74) is -1.80. The van der Waals surface area contributed by atoms with E-state index in [9.17, 15) is 40.9 Å². The summed E-state index contributed by atoms with van der Waals surface area (Å²) in [6, 6.07) is 0. The monoisotopic (exact) mass is 730 g/mol. The highest BCUT2D eigenvalue weighted by Gasteiger charge is 2.70. The first-order chi connectivity index (χ1) is 24.0. The fourth-order valence-electron chi connectivity index (χ4n) is 12.2. The van der Waals surface area contributed by atoms with Gasteiger partial charge in [0.2, 0.25) is 0 Å². The van der Waals surface area contributed by atoms with Gasteiger partial charge in [-0.2, -0.15) is 0 Å². The van der Waals surface area contributed by atoms with E-state index in [0.29, 0.717) is 25.7 Å². The molecule has 8 N–H and O–H groups in total. The van der Waals surface area contributed by atoms with Gasteiger partial charge in [-0.3, -0.25) is 0 Å². The van der Waals surface area contributed by atoms with Crippen molar-refractivity contribution in [3.8, 4) is 0 Å². The van der Waals surface area contributed by atoms with Gasteiger partial charge >= 0.3 is 0 Å². The lowest BCUT2D eigenvalue weighted by Crippen LogP contribution is -2.68. The number of aliphatic hydroxyl groups is 8. The summed E-state index contributed by atoms with van der Waals surface area (Å²) in [5.74, 6) is -0.0804. The molecule has 0 radical (unpaired) electrons. The van der Waals surface area contributed by atoms with Crippen molar-refractivity contribution >= 4 is 0 Å². The van der Waals surface area contributed by atoms with Gasteiger partial charge in [-0.05, 0) is 91.8 Å². The molecule has 4 saturated carbocycles. The van der Waals surface area contributed by atoms with Crippen LogP contribution in [0, 0.1) is 46.3 Å². The van der Waals surface area contributed by atoms with E-state index in [4.69, 9.17) is 23.7 Å². The summed E-state index contributed by atoms with van der Waals surface area (Å²) in [6.07, 6.45) is -5.08. The van der Waals surface area contributed by atoms with Gasteiger partial charge in [-0.25, -0.2) is 0 Å². The summed E-state index contributed by atoms with van der Waals surface area (Å²) in [6.45, 7) is 10.1. The van der Waals surface area contributed by atoms with Gasteiger partial charge in [-0.1, -0.05) is 34.6 Å². The van der Waals surface area contributed by atoms with E-state index in [0.717, 1.165) is 25.7 Å². The van der Waals surface area contributed by atoms with E-state index in [1.54, 1.807) is 0 Å². The zero-order chi connectivity index (χ0) is 37.2. The third-order valence-corrected chi connectivity index (χ3v) is 14.9. The van der Waals surface area contributed by atoms with Crippen LogP contribution in [0.1, 0.15) is 92.4 Å². The first-order valence-corrected chi connectivity index (χ1v) is 19.5. The predicted molar refractivity (Wildman–Crippen MR) is 183 cm³/mol. The average molecular weight is 731 g/mol. The van der Waals surface area contributed by atoms with Crippen molar-refractivity contribution in [3.05, 3.63) is 0 Å². The van der Waals surface area contributed by atoms with Crippen LogP contribution < -0.4 is 0 Å². The van der Waals surface area contributed by atoms with Crippen LogP contribution >= 0.6 is 0 Å². The van der Waals surface area contributed by atoms with E-state index in [-0.39, 0.29) is 65.5 Å². The predicted octanol–water partition coefficient (Wildman–Crippen LogP) is 1.08. The Morgan fingerprint density at radius 3 is 2.20 bits per heavy atom. The second kappa shape index (κ2) is 15.2. The topological polar surface area (TPSA) is 208 Å². The minimum atomic E-state index is -1.26. The molecule has 0 spiro atoms. The molecule has 13 nitrogen and oxygen atoms in total. The number of hydrogen-bond donors (Lipinski definition) is 8. The summed E-state index contributed by atoms with van der Waals surface area (Å²) in [7, 11) is 1.36. The number of fused-ring (bicyclic) bond motifs is 5. The highest BCUT2D eigenvalue weighted by Crippen LogP contribution is 2.69. The van der Waals surface area contributed by atoms with Gasteiger partial charge in [0.15, 0.2) is 12.6 Å². The number of methoxy groups -OCH3 is 1. The van der Waals surface area contributed by atoms with E-state index in [1.807, 2.05) is 13.8 Å². The minimum absolute atomic E-state index is 0.0439. The summed E-state index contributed by atoms with van der Waals surface area (Å²) >= 11 is 0. The Kier molecular flexibility index (Phi) is 12.0. The highest BCUT2D eigenvalue weighted by atomic mass is 16.8. The maximum Gasteiger partial charge on any atom is 0.187 e. The Bertz CT molecular complexity index is 1180. The van der Waals surface area contributed by atoms with Crippen molar-refractivity contribution in [3.63, 3.8) is 0 Å². The Balaban J connectivity index is 1.13. The standard InChI is InChI=1S/C38H66O13/c1-18(2)26(49-35-32(30(45)27(16-39)50-35)51-34-31(47-6)29(44)25(43)17-48-34)8-7-19(3)21-14-23(41)33-37(21,5)12-10-28-36(4)11-9-20(40)13-22(36)24(42)15-38(28,33)46/h18-35,39-46H,7-17H2,1-6H3/t19-,20+,21-,22-,23+,24+,25-,26+,27+,28-,29+,30+,31-,32-,33-,34+,35-,36+,37-,38+/m1/s1. The van der Waals surface area contributed by atoms with Crippen molar-refractivity contribution in [1.29, 1.82) is 0 Å². The highest BCUT2D eigenvalue weighted by molar-refractivity contribution is 5.20. The summed E-state index contributed by atoms with van der Waals surface area (Å²) < 4.78 is 29.5. The molecule has 2 heterocycles. The Labute approximate surface area is 302 Å². The molecule has 0 aromatic heterocycles. The second-order valence-corrected chi connectivity index (χ2v) is 18.0.